The number of nitrogens with one attached hydrogen (secondary N) is 3. The first-order chi connectivity index (χ1) is 10.9. The van der Waals surface area contributed by atoms with Crippen molar-refractivity contribution in [3.8, 4) is 0 Å². The van der Waals surface area contributed by atoms with Gasteiger partial charge in [0, 0.05) is 24.7 Å². The predicted molar refractivity (Wildman–Crippen MR) is 77.8 cm³/mol. The van der Waals surface area contributed by atoms with Crippen molar-refractivity contribution in [3.05, 3.63) is 18.2 Å². The molecule has 125 valence electrons. The van der Waals surface area contributed by atoms with Gasteiger partial charge in [0.1, 0.15) is 0 Å². The van der Waals surface area contributed by atoms with Gasteiger partial charge in [-0.15, -0.1) is 0 Å². The monoisotopic (exact) mass is 324 g/mol. The summed E-state index contributed by atoms with van der Waals surface area (Å²) in [4.78, 5) is 51.0. The number of carboxylic acids is 1. The number of aromatic nitrogens is 2. The molecule has 1 aromatic heterocycles. The molecule has 1 heterocycles. The van der Waals surface area contributed by atoms with E-state index in [-0.39, 0.29) is 25.8 Å². The highest BCUT2D eigenvalue weighted by molar-refractivity contribution is 5.88. The molecule has 0 fully saturated rings. The minimum Gasteiger partial charge on any atom is -0.481 e. The number of carbonyl (C=O) groups is 3. The van der Waals surface area contributed by atoms with E-state index in [1.165, 1.54) is 18.8 Å². The lowest BCUT2D eigenvalue weighted by molar-refractivity contribution is -0.137. The lowest BCUT2D eigenvalue weighted by atomic mass is 10.1. The number of rotatable bonds is 10. The molecule has 0 aliphatic carbocycles. The van der Waals surface area contributed by atoms with Crippen LogP contribution in [0.2, 0.25) is 0 Å². The molecule has 23 heavy (non-hydrogen) atoms. The molecular weight excluding hydrogens is 306 g/mol. The molecule has 2 atom stereocenters. The first kappa shape index (κ1) is 18.3. The van der Waals surface area contributed by atoms with Gasteiger partial charge >= 0.3 is 5.97 Å². The molecule has 2 amide bonds. The number of hydrogen-bond acceptors (Lipinski definition) is 6. The Morgan fingerprint density at radius 2 is 2.17 bits per heavy atom. The molecule has 0 unspecified atom stereocenters. The number of aromatic amines is 1. The Balaban J connectivity index is 2.32. The summed E-state index contributed by atoms with van der Waals surface area (Å²) in [6, 6.07) is -1.89. The van der Waals surface area contributed by atoms with E-state index in [9.17, 15) is 19.2 Å². The summed E-state index contributed by atoms with van der Waals surface area (Å²) in [7, 11) is 0. The maximum atomic E-state index is 11.7. The Morgan fingerprint density at radius 3 is 2.74 bits per heavy atom. The van der Waals surface area contributed by atoms with Crippen molar-refractivity contribution in [2.75, 3.05) is 6.54 Å². The average Bonchev–Trinajstić information content (AvgIpc) is 3.01. The molecule has 0 aliphatic heterocycles. The van der Waals surface area contributed by atoms with Gasteiger partial charge in [0.25, 0.3) is 0 Å². The van der Waals surface area contributed by atoms with Gasteiger partial charge in [-0.2, -0.15) is 0 Å². The highest BCUT2D eigenvalue weighted by Crippen LogP contribution is 1.97. The maximum Gasteiger partial charge on any atom is 0.303 e. The molecule has 0 aromatic carbocycles. The molecule has 1 radical (unpaired) electrons. The van der Waals surface area contributed by atoms with Gasteiger partial charge in [-0.1, -0.05) is 0 Å². The molecule has 10 nitrogen and oxygen atoms in total. The Bertz CT molecular complexity index is 545. The molecule has 0 saturated heterocycles. The van der Waals surface area contributed by atoms with Crippen molar-refractivity contribution >= 4 is 24.1 Å². The van der Waals surface area contributed by atoms with Crippen molar-refractivity contribution in [2.24, 2.45) is 5.73 Å². The molecule has 1 aromatic rings. The van der Waals surface area contributed by atoms with Crippen LogP contribution in [0.5, 0.6) is 0 Å². The Kier molecular flexibility index (Phi) is 7.40. The Hall–Kier alpha value is -2.75. The normalized spacial score (nSPS) is 12.9. The van der Waals surface area contributed by atoms with Gasteiger partial charge in [-0.25, -0.2) is 4.98 Å². The van der Waals surface area contributed by atoms with Gasteiger partial charge in [-0.05, 0) is 6.42 Å². The van der Waals surface area contributed by atoms with Crippen LogP contribution in [0.15, 0.2) is 12.5 Å². The smallest absolute Gasteiger partial charge is 0.303 e. The van der Waals surface area contributed by atoms with Crippen LogP contribution in [0.3, 0.4) is 0 Å². The van der Waals surface area contributed by atoms with Crippen LogP contribution in [0.4, 0.5) is 0 Å². The van der Waals surface area contributed by atoms with E-state index in [1.807, 2.05) is 0 Å². The van der Waals surface area contributed by atoms with Gasteiger partial charge in [0.2, 0.25) is 18.1 Å². The number of nitrogens with two attached hydrogens (primary N) is 1. The van der Waals surface area contributed by atoms with Crippen LogP contribution in [-0.4, -0.2) is 57.8 Å². The molecular formula is C13H18N5O5. The zero-order valence-corrected chi connectivity index (χ0v) is 12.2. The molecule has 0 aliphatic rings. The maximum absolute atomic E-state index is 11.7. The summed E-state index contributed by atoms with van der Waals surface area (Å²) in [5.41, 5.74) is 6.37. The lowest BCUT2D eigenvalue weighted by Gasteiger charge is -2.13. The van der Waals surface area contributed by atoms with Gasteiger partial charge in [0.15, 0.2) is 0 Å². The van der Waals surface area contributed by atoms with Crippen molar-refractivity contribution in [2.45, 2.75) is 31.3 Å². The minimum absolute atomic E-state index is 0.0716. The third kappa shape index (κ3) is 7.18. The number of H-pyrrole nitrogens is 1. The van der Waals surface area contributed by atoms with Crippen LogP contribution in [-0.2, 0) is 25.6 Å². The molecule has 0 bridgehead atoms. The van der Waals surface area contributed by atoms with Gasteiger partial charge < -0.3 is 26.5 Å². The molecule has 10 heteroatoms. The highest BCUT2D eigenvalue weighted by Gasteiger charge is 2.17. The third-order valence-electron chi connectivity index (χ3n) is 2.88. The zero-order chi connectivity index (χ0) is 17.2. The van der Waals surface area contributed by atoms with Gasteiger partial charge in [-0.3, -0.25) is 19.2 Å². The Morgan fingerprint density at radius 1 is 1.43 bits per heavy atom. The number of nitrogens with zero attached hydrogens (tertiary/aromatic N) is 1. The fourth-order valence-electron chi connectivity index (χ4n) is 1.70. The topological polar surface area (TPSA) is 167 Å². The second-order valence-electron chi connectivity index (χ2n) is 4.78. The average molecular weight is 324 g/mol. The van der Waals surface area contributed by atoms with E-state index in [4.69, 9.17) is 10.8 Å². The van der Waals surface area contributed by atoms with Crippen LogP contribution >= 0.6 is 0 Å². The third-order valence-corrected chi connectivity index (χ3v) is 2.88. The molecule has 6 N–H and O–H groups in total. The SMILES string of the molecule is N[C@@H](Cc1cnc[nH]1)C(=O)NCC(=O)N[C@H]([C]=O)CCC(=O)O. The van der Waals surface area contributed by atoms with Crippen LogP contribution in [0.25, 0.3) is 0 Å². The Labute approximate surface area is 131 Å². The summed E-state index contributed by atoms with van der Waals surface area (Å²) in [6.45, 7) is -0.374. The zero-order valence-electron chi connectivity index (χ0n) is 12.2. The van der Waals surface area contributed by atoms with E-state index in [0.29, 0.717) is 5.69 Å². The second-order valence-corrected chi connectivity index (χ2v) is 4.78. The minimum atomic E-state index is -1.09. The fourth-order valence-corrected chi connectivity index (χ4v) is 1.70. The summed E-state index contributed by atoms with van der Waals surface area (Å²) >= 11 is 0. The van der Waals surface area contributed by atoms with Crippen molar-refractivity contribution in [3.63, 3.8) is 0 Å². The second kappa shape index (κ2) is 9.30. The van der Waals surface area contributed by atoms with Crippen molar-refractivity contribution < 1.29 is 24.3 Å². The van der Waals surface area contributed by atoms with Crippen LogP contribution in [0.1, 0.15) is 18.5 Å². The standard InChI is InChI=1S/C13H18N5O5/c14-10(3-9-4-15-7-17-9)13(23)16-5-11(20)18-8(6-19)1-2-12(21)22/h4,7-8,10H,1-3,5,14H2,(H,15,17)(H,16,23)(H,18,20)(H,21,22)/t8-,10-/m0/s1. The van der Waals surface area contributed by atoms with E-state index in [2.05, 4.69) is 20.6 Å². The first-order valence-corrected chi connectivity index (χ1v) is 6.81. The first-order valence-electron chi connectivity index (χ1n) is 6.81. The van der Waals surface area contributed by atoms with E-state index in [1.54, 1.807) is 0 Å². The summed E-state index contributed by atoms with van der Waals surface area (Å²) in [5.74, 6) is -2.25. The number of carboxylic acid groups (broad SMARTS) is 1. The summed E-state index contributed by atoms with van der Waals surface area (Å²) in [6.07, 6.45) is 4.41. The summed E-state index contributed by atoms with van der Waals surface area (Å²) in [5, 5.41) is 13.1. The molecule has 0 saturated carbocycles. The van der Waals surface area contributed by atoms with Gasteiger partial charge in [0.05, 0.1) is 25.0 Å². The van der Waals surface area contributed by atoms with Crippen LogP contribution in [0, 0.1) is 0 Å². The molecule has 0 spiro atoms. The highest BCUT2D eigenvalue weighted by atomic mass is 16.4. The lowest BCUT2D eigenvalue weighted by Crippen LogP contribution is -2.47. The molecule has 1 rings (SSSR count). The van der Waals surface area contributed by atoms with Crippen LogP contribution < -0.4 is 16.4 Å². The van der Waals surface area contributed by atoms with E-state index >= 15 is 0 Å². The fraction of sp³-hybridized carbons (Fsp3) is 0.462. The van der Waals surface area contributed by atoms with Crippen molar-refractivity contribution in [1.82, 2.24) is 20.6 Å². The van der Waals surface area contributed by atoms with E-state index < -0.39 is 29.9 Å². The summed E-state index contributed by atoms with van der Waals surface area (Å²) < 4.78 is 0. The number of hydrogen-bond donors (Lipinski definition) is 5. The quantitative estimate of drug-likeness (QED) is 0.327. The number of amides is 2. The largest absolute Gasteiger partial charge is 0.481 e. The number of imidazole rings is 1. The van der Waals surface area contributed by atoms with Crippen molar-refractivity contribution in [1.29, 1.82) is 0 Å². The van der Waals surface area contributed by atoms with E-state index in [0.717, 1.165) is 0 Å². The number of carbonyl (C=O) groups excluding carboxylic acids is 3. The predicted octanol–water partition coefficient (Wildman–Crippen LogP) is -2.14. The number of aliphatic carboxylic acids is 1.